The number of nitrogens with zero attached hydrogens (tertiary/aromatic N) is 5. The minimum absolute atomic E-state index is 0.0459. The van der Waals surface area contributed by atoms with E-state index in [-0.39, 0.29) is 18.2 Å². The number of nitrogens with one attached hydrogen (secondary N) is 1. The van der Waals surface area contributed by atoms with Gasteiger partial charge < -0.3 is 21.1 Å². The van der Waals surface area contributed by atoms with Crippen LogP contribution in [0.4, 0.5) is 11.5 Å². The summed E-state index contributed by atoms with van der Waals surface area (Å²) in [5.74, 6) is 0.0546. The fourth-order valence-corrected chi connectivity index (χ4v) is 4.02. The minimum Gasteiger partial charge on any atom is -0.481 e. The van der Waals surface area contributed by atoms with E-state index in [1.54, 1.807) is 34.6 Å². The molecular weight excluding hydrogens is 458 g/mol. The fourth-order valence-electron chi connectivity index (χ4n) is 3.00. The summed E-state index contributed by atoms with van der Waals surface area (Å²) >= 11 is 1.61. The van der Waals surface area contributed by atoms with Crippen molar-refractivity contribution in [1.82, 2.24) is 19.7 Å². The first-order valence-corrected chi connectivity index (χ1v) is 11.4. The van der Waals surface area contributed by atoms with Gasteiger partial charge in [-0.3, -0.25) is 14.4 Å². The van der Waals surface area contributed by atoms with Crippen molar-refractivity contribution in [2.24, 2.45) is 5.73 Å². The summed E-state index contributed by atoms with van der Waals surface area (Å²) in [5.41, 5.74) is 6.94. The molecule has 3 aromatic rings. The number of carbonyl (C=O) groups is 3. The molecule has 178 valence electrons. The van der Waals surface area contributed by atoms with Gasteiger partial charge in [0.2, 0.25) is 11.7 Å². The van der Waals surface area contributed by atoms with E-state index < -0.39 is 11.9 Å². The summed E-state index contributed by atoms with van der Waals surface area (Å²) in [6.07, 6.45) is 3.70. The predicted molar refractivity (Wildman–Crippen MR) is 128 cm³/mol. The summed E-state index contributed by atoms with van der Waals surface area (Å²) in [5, 5.41) is 15.5. The van der Waals surface area contributed by atoms with E-state index in [1.165, 1.54) is 6.33 Å². The van der Waals surface area contributed by atoms with Gasteiger partial charge in [-0.15, -0.1) is 16.9 Å². The van der Waals surface area contributed by atoms with Gasteiger partial charge in [0.15, 0.2) is 0 Å². The average Bonchev–Trinajstić information content (AvgIpc) is 3.23. The van der Waals surface area contributed by atoms with Crippen LogP contribution in [0.3, 0.4) is 0 Å². The van der Waals surface area contributed by atoms with Crippen LogP contribution in [-0.2, 0) is 16.1 Å². The number of carboxylic acid groups (broad SMARTS) is 1. The molecule has 0 atom stereocenters. The van der Waals surface area contributed by atoms with E-state index in [4.69, 9.17) is 10.8 Å². The lowest BCUT2D eigenvalue weighted by molar-refractivity contribution is -0.136. The number of anilines is 2. The lowest BCUT2D eigenvalue weighted by Crippen LogP contribution is -2.25. The average molecular weight is 484 g/mol. The highest BCUT2D eigenvalue weighted by Gasteiger charge is 2.20. The number of benzene rings is 1. The maximum absolute atomic E-state index is 11.7. The second-order valence-corrected chi connectivity index (χ2v) is 8.41. The normalized spacial score (nSPS) is 12.7. The van der Waals surface area contributed by atoms with Crippen LogP contribution in [-0.4, -0.2) is 62.0 Å². The molecule has 1 aromatic carbocycles. The van der Waals surface area contributed by atoms with Crippen molar-refractivity contribution >= 4 is 41.1 Å². The number of amides is 2. The van der Waals surface area contributed by atoms with Crippen molar-refractivity contribution in [1.29, 1.82) is 0 Å². The Kier molecular flexibility index (Phi) is 8.57. The molecule has 0 radical (unpaired) electrons. The third-order valence-electron chi connectivity index (χ3n) is 4.74. The van der Waals surface area contributed by atoms with Crippen molar-refractivity contribution in [3.8, 4) is 0 Å². The second kappa shape index (κ2) is 11.8. The summed E-state index contributed by atoms with van der Waals surface area (Å²) < 4.78 is 1.58. The van der Waals surface area contributed by atoms with Crippen LogP contribution in [0.2, 0.25) is 0 Å². The Labute approximate surface area is 200 Å². The van der Waals surface area contributed by atoms with Gasteiger partial charge in [0.25, 0.3) is 5.91 Å². The number of hydrogen-bond acceptors (Lipinski definition) is 8. The van der Waals surface area contributed by atoms with Crippen molar-refractivity contribution in [3.05, 3.63) is 60.3 Å². The Morgan fingerprint density at radius 1 is 1.24 bits per heavy atom. The number of carboxylic acids is 1. The fraction of sp³-hybridized carbons (Fsp3) is 0.273. The first kappa shape index (κ1) is 24.7. The van der Waals surface area contributed by atoms with Gasteiger partial charge in [0.05, 0.1) is 24.8 Å². The molecule has 34 heavy (non-hydrogen) atoms. The first-order chi connectivity index (χ1) is 16.3. The summed E-state index contributed by atoms with van der Waals surface area (Å²) in [7, 11) is 1.74. The molecule has 0 saturated heterocycles. The van der Waals surface area contributed by atoms with E-state index in [2.05, 4.69) is 20.4 Å². The monoisotopic (exact) mass is 483 g/mol. The molecule has 11 nitrogen and oxygen atoms in total. The molecule has 0 spiro atoms. The number of hydrogen-bond donors (Lipinski definition) is 3. The zero-order chi connectivity index (χ0) is 24.5. The Morgan fingerprint density at radius 3 is 2.68 bits per heavy atom. The Hall–Kier alpha value is -3.93. The zero-order valence-corrected chi connectivity index (χ0v) is 19.4. The van der Waals surface area contributed by atoms with Crippen LogP contribution in [0.1, 0.15) is 29.0 Å². The molecule has 0 saturated carbocycles. The SMILES string of the molecule is CN1C(=O)CCSc2cc(NCCC(=O)O)ncc21.NC(=O)c1ncn(Cc2ccccc2)n1. The lowest BCUT2D eigenvalue weighted by atomic mass is 10.2. The van der Waals surface area contributed by atoms with Gasteiger partial charge in [0.1, 0.15) is 12.1 Å². The maximum atomic E-state index is 11.7. The van der Waals surface area contributed by atoms with Crippen molar-refractivity contribution in [2.45, 2.75) is 24.3 Å². The van der Waals surface area contributed by atoms with Gasteiger partial charge in [0, 0.05) is 30.7 Å². The molecule has 2 amide bonds. The number of aliphatic carboxylic acids is 1. The molecule has 1 aliphatic rings. The van der Waals surface area contributed by atoms with E-state index in [0.717, 1.165) is 21.9 Å². The number of rotatable bonds is 7. The molecule has 0 aliphatic carbocycles. The number of carbonyl (C=O) groups excluding carboxylic acids is 2. The third-order valence-corrected chi connectivity index (χ3v) is 5.79. The Bertz CT molecular complexity index is 1150. The predicted octanol–water partition coefficient (Wildman–Crippen LogP) is 1.85. The number of primary amides is 1. The minimum atomic E-state index is -0.845. The number of fused-ring (bicyclic) bond motifs is 1. The summed E-state index contributed by atoms with van der Waals surface area (Å²) in [4.78, 5) is 43.5. The van der Waals surface area contributed by atoms with Crippen molar-refractivity contribution in [3.63, 3.8) is 0 Å². The van der Waals surface area contributed by atoms with Crippen LogP contribution >= 0.6 is 11.8 Å². The number of aromatic nitrogens is 4. The van der Waals surface area contributed by atoms with Gasteiger partial charge in [-0.1, -0.05) is 30.3 Å². The van der Waals surface area contributed by atoms with Crippen LogP contribution in [0.15, 0.2) is 53.8 Å². The standard InChI is InChI=1S/C12H15N3O3S.C10H10N4O/c1-15-8-7-14-10(13-4-2-12(17)18)6-9(8)19-5-3-11(15)16;11-9(15)10-12-7-14(13-10)6-8-4-2-1-3-5-8/h6-7H,2-5H2,1H3,(H,13,14)(H,17,18);1-5,7H,6H2,(H2,11,15). The highest BCUT2D eigenvalue weighted by Crippen LogP contribution is 2.34. The summed E-state index contributed by atoms with van der Waals surface area (Å²) in [6.45, 7) is 0.918. The van der Waals surface area contributed by atoms with E-state index in [9.17, 15) is 14.4 Å². The molecule has 0 fully saturated rings. The van der Waals surface area contributed by atoms with E-state index >= 15 is 0 Å². The van der Waals surface area contributed by atoms with E-state index in [0.29, 0.717) is 25.3 Å². The quantitative estimate of drug-likeness (QED) is 0.456. The molecule has 3 heterocycles. The van der Waals surface area contributed by atoms with Crippen molar-refractivity contribution < 1.29 is 19.5 Å². The molecule has 4 rings (SSSR count). The number of nitrogens with two attached hydrogens (primary N) is 1. The number of thioether (sulfide) groups is 1. The van der Waals surface area contributed by atoms with Crippen LogP contribution in [0.5, 0.6) is 0 Å². The topological polar surface area (TPSA) is 156 Å². The van der Waals surface area contributed by atoms with Gasteiger partial charge in [-0.2, -0.15) is 0 Å². The molecular formula is C22H25N7O4S. The van der Waals surface area contributed by atoms with Crippen molar-refractivity contribution in [2.75, 3.05) is 29.6 Å². The van der Waals surface area contributed by atoms with Crippen LogP contribution in [0, 0.1) is 0 Å². The number of pyridine rings is 1. The molecule has 0 unspecified atom stereocenters. The smallest absolute Gasteiger partial charge is 0.305 e. The summed E-state index contributed by atoms with van der Waals surface area (Å²) in [6, 6.07) is 11.6. The molecule has 2 aromatic heterocycles. The molecule has 12 heteroatoms. The Balaban J connectivity index is 0.000000196. The molecule has 1 aliphatic heterocycles. The lowest BCUT2D eigenvalue weighted by Gasteiger charge is -2.17. The maximum Gasteiger partial charge on any atom is 0.305 e. The van der Waals surface area contributed by atoms with Gasteiger partial charge in [-0.05, 0) is 11.6 Å². The van der Waals surface area contributed by atoms with Gasteiger partial charge >= 0.3 is 5.97 Å². The highest BCUT2D eigenvalue weighted by atomic mass is 32.2. The molecule has 0 bridgehead atoms. The Morgan fingerprint density at radius 2 is 2.00 bits per heavy atom. The van der Waals surface area contributed by atoms with Gasteiger partial charge in [-0.25, -0.2) is 14.6 Å². The largest absolute Gasteiger partial charge is 0.481 e. The molecule has 4 N–H and O–H groups in total. The van der Waals surface area contributed by atoms with E-state index in [1.807, 2.05) is 36.4 Å². The second-order valence-electron chi connectivity index (χ2n) is 7.27. The van der Waals surface area contributed by atoms with Crippen LogP contribution in [0.25, 0.3) is 0 Å². The van der Waals surface area contributed by atoms with Crippen LogP contribution < -0.4 is 16.0 Å². The zero-order valence-electron chi connectivity index (χ0n) is 18.5. The third kappa shape index (κ3) is 7.04. The first-order valence-electron chi connectivity index (χ1n) is 10.4. The highest BCUT2D eigenvalue weighted by molar-refractivity contribution is 7.99.